The molecule has 0 unspecified atom stereocenters. The highest BCUT2D eigenvalue weighted by molar-refractivity contribution is 5.98. The van der Waals surface area contributed by atoms with E-state index in [4.69, 9.17) is 5.73 Å². The maximum Gasteiger partial charge on any atom is 0.244 e. The van der Waals surface area contributed by atoms with Crippen molar-refractivity contribution >= 4 is 36.4 Å². The molecule has 1 saturated carbocycles. The first-order valence-corrected chi connectivity index (χ1v) is 6.88. The van der Waals surface area contributed by atoms with E-state index in [1.54, 1.807) is 12.4 Å². The number of nitrogens with one attached hydrogen (secondary N) is 2. The van der Waals surface area contributed by atoms with E-state index in [2.05, 4.69) is 15.3 Å². The lowest BCUT2D eigenvalue weighted by molar-refractivity contribution is -0.121. The minimum absolute atomic E-state index is 0. The molecule has 1 aromatic heterocycles. The maximum absolute atomic E-state index is 12.3. The van der Waals surface area contributed by atoms with Crippen molar-refractivity contribution in [3.8, 4) is 11.4 Å². The summed E-state index contributed by atoms with van der Waals surface area (Å²) in [6.07, 6.45) is 7.04. The summed E-state index contributed by atoms with van der Waals surface area (Å²) in [6.45, 7) is 0. The van der Waals surface area contributed by atoms with Crippen LogP contribution in [0.25, 0.3) is 11.4 Å². The van der Waals surface area contributed by atoms with Crippen LogP contribution in [-0.4, -0.2) is 21.4 Å². The molecule has 0 atom stereocenters. The quantitative estimate of drug-likeness (QED) is 0.801. The Hall–Kier alpha value is -1.56. The van der Waals surface area contributed by atoms with Gasteiger partial charge in [0.1, 0.15) is 5.82 Å². The lowest BCUT2D eigenvalue weighted by atomic mass is 9.98. The number of carbonyl (C=O) groups excluding carboxylic acids is 1. The molecule has 22 heavy (non-hydrogen) atoms. The number of nitrogens with zero attached hydrogens (tertiary/aromatic N) is 1. The van der Waals surface area contributed by atoms with E-state index < -0.39 is 5.54 Å². The van der Waals surface area contributed by atoms with Gasteiger partial charge in [0.15, 0.2) is 0 Å². The van der Waals surface area contributed by atoms with Gasteiger partial charge in [0.25, 0.3) is 0 Å². The SMILES string of the molecule is Cl.Cl.NC1(C(=O)Nc2cccc(-c3ncc[nH]3)c2)CCCC1. The molecule has 3 rings (SSSR count). The first-order valence-electron chi connectivity index (χ1n) is 6.88. The number of hydrogen-bond donors (Lipinski definition) is 3. The molecular formula is C15H20Cl2N4O. The van der Waals surface area contributed by atoms with E-state index in [-0.39, 0.29) is 30.7 Å². The van der Waals surface area contributed by atoms with Crippen LogP contribution in [0.4, 0.5) is 5.69 Å². The predicted molar refractivity (Wildman–Crippen MR) is 92.5 cm³/mol. The van der Waals surface area contributed by atoms with Crippen molar-refractivity contribution in [2.75, 3.05) is 5.32 Å². The summed E-state index contributed by atoms with van der Waals surface area (Å²) in [5, 5.41) is 2.92. The average molecular weight is 343 g/mol. The zero-order chi connectivity index (χ0) is 14.0. The van der Waals surface area contributed by atoms with Crippen LogP contribution in [-0.2, 0) is 4.79 Å². The van der Waals surface area contributed by atoms with Gasteiger partial charge in [0, 0.05) is 23.6 Å². The van der Waals surface area contributed by atoms with Gasteiger partial charge in [-0.3, -0.25) is 4.79 Å². The number of halogens is 2. The number of H-pyrrole nitrogens is 1. The van der Waals surface area contributed by atoms with Gasteiger partial charge in [-0.2, -0.15) is 0 Å². The van der Waals surface area contributed by atoms with Crippen LogP contribution in [0.3, 0.4) is 0 Å². The van der Waals surface area contributed by atoms with Gasteiger partial charge in [0.05, 0.1) is 5.54 Å². The third-order valence-electron chi connectivity index (χ3n) is 3.84. The van der Waals surface area contributed by atoms with Crippen molar-refractivity contribution in [1.29, 1.82) is 0 Å². The molecular weight excluding hydrogens is 323 g/mol. The standard InChI is InChI=1S/C15H18N4O.2ClH/c16-15(6-1-2-7-15)14(20)19-12-5-3-4-11(10-12)13-17-8-9-18-13;;/h3-5,8-10H,1-2,6-7,16H2,(H,17,18)(H,19,20);2*1H. The Balaban J connectivity index is 0.00000121. The van der Waals surface area contributed by atoms with Gasteiger partial charge >= 0.3 is 0 Å². The Morgan fingerprint density at radius 3 is 2.64 bits per heavy atom. The van der Waals surface area contributed by atoms with Gasteiger partial charge in [-0.05, 0) is 25.0 Å². The Bertz CT molecular complexity index is 610. The highest BCUT2D eigenvalue weighted by Gasteiger charge is 2.36. The van der Waals surface area contributed by atoms with Crippen molar-refractivity contribution in [3.05, 3.63) is 36.7 Å². The number of rotatable bonds is 3. The zero-order valence-electron chi connectivity index (χ0n) is 12.0. The molecule has 1 aliphatic rings. The second-order valence-corrected chi connectivity index (χ2v) is 5.34. The Kier molecular flexibility index (Phi) is 6.41. The van der Waals surface area contributed by atoms with Crippen LogP contribution in [0.2, 0.25) is 0 Å². The molecule has 7 heteroatoms. The molecule has 1 aliphatic carbocycles. The van der Waals surface area contributed by atoms with Crippen LogP contribution < -0.4 is 11.1 Å². The van der Waals surface area contributed by atoms with E-state index in [1.807, 2.05) is 24.3 Å². The number of carbonyl (C=O) groups is 1. The van der Waals surface area contributed by atoms with E-state index in [0.29, 0.717) is 0 Å². The lowest BCUT2D eigenvalue weighted by Gasteiger charge is -2.22. The zero-order valence-corrected chi connectivity index (χ0v) is 13.7. The molecule has 1 fully saturated rings. The Labute approximate surface area is 141 Å². The number of aromatic amines is 1. The Morgan fingerprint density at radius 2 is 2.00 bits per heavy atom. The van der Waals surface area contributed by atoms with Gasteiger partial charge in [-0.15, -0.1) is 24.8 Å². The van der Waals surface area contributed by atoms with Crippen molar-refractivity contribution in [2.24, 2.45) is 5.73 Å². The van der Waals surface area contributed by atoms with Crippen molar-refractivity contribution in [2.45, 2.75) is 31.2 Å². The predicted octanol–water partition coefficient (Wildman–Crippen LogP) is 3.13. The smallest absolute Gasteiger partial charge is 0.244 e. The molecule has 1 amide bonds. The van der Waals surface area contributed by atoms with E-state index in [1.165, 1.54) is 0 Å². The fraction of sp³-hybridized carbons (Fsp3) is 0.333. The molecule has 120 valence electrons. The minimum atomic E-state index is -0.708. The third-order valence-corrected chi connectivity index (χ3v) is 3.84. The fourth-order valence-corrected chi connectivity index (χ4v) is 2.66. The van der Waals surface area contributed by atoms with Crippen LogP contribution >= 0.6 is 24.8 Å². The number of nitrogens with two attached hydrogens (primary N) is 1. The van der Waals surface area contributed by atoms with Gasteiger partial charge < -0.3 is 16.0 Å². The summed E-state index contributed by atoms with van der Waals surface area (Å²) < 4.78 is 0. The highest BCUT2D eigenvalue weighted by atomic mass is 35.5. The number of imidazole rings is 1. The summed E-state index contributed by atoms with van der Waals surface area (Å²) in [7, 11) is 0. The second kappa shape index (κ2) is 7.63. The second-order valence-electron chi connectivity index (χ2n) is 5.34. The molecule has 1 heterocycles. The van der Waals surface area contributed by atoms with Gasteiger partial charge in [0.2, 0.25) is 5.91 Å². The highest BCUT2D eigenvalue weighted by Crippen LogP contribution is 2.29. The first-order chi connectivity index (χ1) is 9.67. The normalized spacial score (nSPS) is 15.5. The van der Waals surface area contributed by atoms with E-state index in [9.17, 15) is 4.79 Å². The molecule has 0 saturated heterocycles. The summed E-state index contributed by atoms with van der Waals surface area (Å²) in [5.41, 5.74) is 7.13. The first kappa shape index (κ1) is 18.5. The van der Waals surface area contributed by atoms with Gasteiger partial charge in [-0.1, -0.05) is 25.0 Å². The number of anilines is 1. The van der Waals surface area contributed by atoms with Crippen LogP contribution in [0.1, 0.15) is 25.7 Å². The van der Waals surface area contributed by atoms with E-state index in [0.717, 1.165) is 42.8 Å². The summed E-state index contributed by atoms with van der Waals surface area (Å²) >= 11 is 0. The molecule has 2 aromatic rings. The summed E-state index contributed by atoms with van der Waals surface area (Å²) in [6, 6.07) is 7.60. The minimum Gasteiger partial charge on any atom is -0.345 e. The molecule has 0 aliphatic heterocycles. The van der Waals surface area contributed by atoms with Crippen LogP contribution in [0.5, 0.6) is 0 Å². The fourth-order valence-electron chi connectivity index (χ4n) is 2.66. The van der Waals surface area contributed by atoms with Crippen LogP contribution in [0.15, 0.2) is 36.7 Å². The van der Waals surface area contributed by atoms with Crippen LogP contribution in [0, 0.1) is 0 Å². The number of aromatic nitrogens is 2. The van der Waals surface area contributed by atoms with Crippen molar-refractivity contribution < 1.29 is 4.79 Å². The maximum atomic E-state index is 12.3. The number of hydrogen-bond acceptors (Lipinski definition) is 3. The Morgan fingerprint density at radius 1 is 1.27 bits per heavy atom. The molecule has 0 bridgehead atoms. The lowest BCUT2D eigenvalue weighted by Crippen LogP contribution is -2.48. The number of amides is 1. The molecule has 1 aromatic carbocycles. The summed E-state index contributed by atoms with van der Waals surface area (Å²) in [4.78, 5) is 19.5. The largest absolute Gasteiger partial charge is 0.345 e. The van der Waals surface area contributed by atoms with Crippen molar-refractivity contribution in [3.63, 3.8) is 0 Å². The van der Waals surface area contributed by atoms with E-state index >= 15 is 0 Å². The summed E-state index contributed by atoms with van der Waals surface area (Å²) in [5.74, 6) is 0.691. The molecule has 4 N–H and O–H groups in total. The van der Waals surface area contributed by atoms with Gasteiger partial charge in [-0.25, -0.2) is 4.98 Å². The average Bonchev–Trinajstić information content (AvgIpc) is 3.11. The monoisotopic (exact) mass is 342 g/mol. The molecule has 5 nitrogen and oxygen atoms in total. The number of benzene rings is 1. The third kappa shape index (κ3) is 3.80. The molecule has 0 spiro atoms. The topological polar surface area (TPSA) is 83.8 Å². The molecule has 0 radical (unpaired) electrons. The van der Waals surface area contributed by atoms with Crippen molar-refractivity contribution in [1.82, 2.24) is 9.97 Å².